The van der Waals surface area contributed by atoms with Gasteiger partial charge in [-0.15, -0.1) is 0 Å². The van der Waals surface area contributed by atoms with E-state index in [4.69, 9.17) is 0 Å². The van der Waals surface area contributed by atoms with E-state index in [0.29, 0.717) is 0 Å². The molecule has 1 heterocycles. The first-order valence-corrected chi connectivity index (χ1v) is 9.34. The van der Waals surface area contributed by atoms with Crippen molar-refractivity contribution < 1.29 is 0 Å². The third kappa shape index (κ3) is 2.54. The number of rotatable bonds is 1. The standard InChI is InChI=1S/C21H17BrS/c1-21(2)17-8-3-4-9-19(17)23-20-13-15(10-11-18(20)21)14-6-5-7-16(22)12-14/h3-13H,1-2H3. The van der Waals surface area contributed by atoms with Crippen LogP contribution >= 0.6 is 27.7 Å². The second-order valence-electron chi connectivity index (χ2n) is 6.44. The Hall–Kier alpha value is -1.51. The maximum atomic E-state index is 3.57. The van der Waals surface area contributed by atoms with Gasteiger partial charge in [-0.05, 0) is 46.5 Å². The summed E-state index contributed by atoms with van der Waals surface area (Å²) in [5, 5.41) is 0. The van der Waals surface area contributed by atoms with E-state index < -0.39 is 0 Å². The summed E-state index contributed by atoms with van der Waals surface area (Å²) in [5.41, 5.74) is 5.41. The van der Waals surface area contributed by atoms with Crippen molar-refractivity contribution >= 4 is 27.7 Å². The molecule has 3 aromatic rings. The predicted octanol–water partition coefficient (Wildman–Crippen LogP) is 6.91. The highest BCUT2D eigenvalue weighted by Crippen LogP contribution is 2.49. The van der Waals surface area contributed by atoms with Gasteiger partial charge in [0.25, 0.3) is 0 Å². The van der Waals surface area contributed by atoms with Crippen molar-refractivity contribution in [2.45, 2.75) is 29.1 Å². The molecule has 0 fully saturated rings. The molecule has 0 saturated heterocycles. The second-order valence-corrected chi connectivity index (χ2v) is 8.44. The Labute approximate surface area is 150 Å². The molecule has 2 heteroatoms. The lowest BCUT2D eigenvalue weighted by atomic mass is 9.77. The maximum absolute atomic E-state index is 3.57. The normalized spacial score (nSPS) is 14.9. The molecular weight excluding hydrogens is 364 g/mol. The largest absolute Gasteiger partial charge is 0.0894 e. The molecule has 0 atom stereocenters. The first-order valence-electron chi connectivity index (χ1n) is 7.73. The summed E-state index contributed by atoms with van der Waals surface area (Å²) in [6, 6.07) is 24.1. The maximum Gasteiger partial charge on any atom is 0.0181 e. The summed E-state index contributed by atoms with van der Waals surface area (Å²) in [6.45, 7) is 4.65. The third-order valence-corrected chi connectivity index (χ3v) is 6.22. The summed E-state index contributed by atoms with van der Waals surface area (Å²) in [4.78, 5) is 2.74. The topological polar surface area (TPSA) is 0 Å². The van der Waals surface area contributed by atoms with Crippen LogP contribution in [0.15, 0.2) is 81.0 Å². The van der Waals surface area contributed by atoms with Crippen molar-refractivity contribution in [2.75, 3.05) is 0 Å². The zero-order valence-corrected chi connectivity index (χ0v) is 15.5. The zero-order valence-electron chi connectivity index (χ0n) is 13.1. The molecule has 0 amide bonds. The van der Waals surface area contributed by atoms with Gasteiger partial charge in [0, 0.05) is 19.7 Å². The molecule has 3 aromatic carbocycles. The molecule has 0 spiro atoms. The minimum absolute atomic E-state index is 0.0486. The molecule has 1 aliphatic rings. The average Bonchev–Trinajstić information content (AvgIpc) is 2.54. The molecule has 0 aliphatic carbocycles. The van der Waals surface area contributed by atoms with Crippen LogP contribution < -0.4 is 0 Å². The van der Waals surface area contributed by atoms with E-state index in [-0.39, 0.29) is 5.41 Å². The Morgan fingerprint density at radius 3 is 2.30 bits per heavy atom. The van der Waals surface area contributed by atoms with Gasteiger partial charge in [-0.3, -0.25) is 0 Å². The lowest BCUT2D eigenvalue weighted by Gasteiger charge is -2.34. The fraction of sp³-hybridized carbons (Fsp3) is 0.143. The average molecular weight is 381 g/mol. The van der Waals surface area contributed by atoms with E-state index in [9.17, 15) is 0 Å². The van der Waals surface area contributed by atoms with Crippen LogP contribution in [0.3, 0.4) is 0 Å². The van der Waals surface area contributed by atoms with Crippen LogP contribution in [0.25, 0.3) is 11.1 Å². The van der Waals surface area contributed by atoms with Gasteiger partial charge in [0.1, 0.15) is 0 Å². The smallest absolute Gasteiger partial charge is 0.0181 e. The lowest BCUT2D eigenvalue weighted by molar-refractivity contribution is 0.607. The third-order valence-electron chi connectivity index (χ3n) is 4.59. The van der Waals surface area contributed by atoms with Gasteiger partial charge in [-0.2, -0.15) is 0 Å². The quantitative estimate of drug-likeness (QED) is 0.441. The second kappa shape index (κ2) is 5.54. The molecule has 114 valence electrons. The Bertz CT molecular complexity index is 896. The van der Waals surface area contributed by atoms with E-state index >= 15 is 0 Å². The van der Waals surface area contributed by atoms with Crippen molar-refractivity contribution in [3.8, 4) is 11.1 Å². The van der Waals surface area contributed by atoms with Gasteiger partial charge in [0.15, 0.2) is 0 Å². The SMILES string of the molecule is CC1(C)c2ccccc2Sc2cc(-c3cccc(Br)c3)ccc21. The summed E-state index contributed by atoms with van der Waals surface area (Å²) in [5.74, 6) is 0. The van der Waals surface area contributed by atoms with Crippen molar-refractivity contribution in [1.29, 1.82) is 0 Å². The van der Waals surface area contributed by atoms with Crippen LogP contribution in [0, 0.1) is 0 Å². The molecule has 0 nitrogen and oxygen atoms in total. The van der Waals surface area contributed by atoms with Crippen LogP contribution in [-0.4, -0.2) is 0 Å². The highest BCUT2D eigenvalue weighted by Gasteiger charge is 2.32. The monoisotopic (exact) mass is 380 g/mol. The van der Waals surface area contributed by atoms with Gasteiger partial charge >= 0.3 is 0 Å². The fourth-order valence-electron chi connectivity index (χ4n) is 3.31. The highest BCUT2D eigenvalue weighted by atomic mass is 79.9. The Morgan fingerprint density at radius 1 is 0.739 bits per heavy atom. The van der Waals surface area contributed by atoms with Gasteiger partial charge in [-0.1, -0.05) is 84.0 Å². The summed E-state index contributed by atoms with van der Waals surface area (Å²) in [7, 11) is 0. The Kier molecular flexibility index (Phi) is 3.62. The molecule has 23 heavy (non-hydrogen) atoms. The first kappa shape index (κ1) is 15.0. The van der Waals surface area contributed by atoms with Crippen molar-refractivity contribution in [1.82, 2.24) is 0 Å². The van der Waals surface area contributed by atoms with Crippen LogP contribution in [0.5, 0.6) is 0 Å². The number of halogens is 1. The minimum atomic E-state index is 0.0486. The molecule has 0 unspecified atom stereocenters. The lowest BCUT2D eigenvalue weighted by Crippen LogP contribution is -2.23. The van der Waals surface area contributed by atoms with Crippen LogP contribution in [0.2, 0.25) is 0 Å². The zero-order chi connectivity index (χ0) is 16.0. The van der Waals surface area contributed by atoms with Gasteiger partial charge in [0.05, 0.1) is 0 Å². The number of benzene rings is 3. The van der Waals surface area contributed by atoms with Crippen LogP contribution in [0.4, 0.5) is 0 Å². The molecule has 0 radical (unpaired) electrons. The molecule has 4 rings (SSSR count). The predicted molar refractivity (Wildman–Crippen MR) is 102 cm³/mol. The summed E-state index contributed by atoms with van der Waals surface area (Å²) >= 11 is 5.45. The van der Waals surface area contributed by atoms with Crippen molar-refractivity contribution in [3.05, 3.63) is 82.3 Å². The van der Waals surface area contributed by atoms with Crippen LogP contribution in [-0.2, 0) is 5.41 Å². The van der Waals surface area contributed by atoms with E-state index in [1.165, 1.54) is 32.0 Å². The Balaban J connectivity index is 1.86. The summed E-state index contributed by atoms with van der Waals surface area (Å²) in [6.07, 6.45) is 0. The Morgan fingerprint density at radius 2 is 1.48 bits per heavy atom. The van der Waals surface area contributed by atoms with Crippen LogP contribution in [0.1, 0.15) is 25.0 Å². The first-order chi connectivity index (χ1) is 11.1. The van der Waals surface area contributed by atoms with E-state index in [0.717, 1.165) is 4.47 Å². The van der Waals surface area contributed by atoms with E-state index in [2.05, 4.69) is 96.5 Å². The van der Waals surface area contributed by atoms with Crippen molar-refractivity contribution in [2.24, 2.45) is 0 Å². The fourth-order valence-corrected chi connectivity index (χ4v) is 5.14. The molecule has 0 bridgehead atoms. The number of fused-ring (bicyclic) bond motifs is 2. The van der Waals surface area contributed by atoms with Gasteiger partial charge in [0.2, 0.25) is 0 Å². The highest BCUT2D eigenvalue weighted by molar-refractivity contribution is 9.10. The van der Waals surface area contributed by atoms with Gasteiger partial charge < -0.3 is 0 Å². The number of hydrogen-bond acceptors (Lipinski definition) is 1. The van der Waals surface area contributed by atoms with Gasteiger partial charge in [-0.25, -0.2) is 0 Å². The molecule has 0 aromatic heterocycles. The molecular formula is C21H17BrS. The number of hydrogen-bond donors (Lipinski definition) is 0. The molecule has 0 saturated carbocycles. The molecule has 0 N–H and O–H groups in total. The molecule has 1 aliphatic heterocycles. The van der Waals surface area contributed by atoms with Crippen molar-refractivity contribution in [3.63, 3.8) is 0 Å². The summed E-state index contributed by atoms with van der Waals surface area (Å²) < 4.78 is 1.12. The minimum Gasteiger partial charge on any atom is -0.0894 e. The van der Waals surface area contributed by atoms with E-state index in [1.54, 1.807) is 0 Å². The van der Waals surface area contributed by atoms with E-state index in [1.807, 2.05) is 11.8 Å².